The number of nitrogens with zero attached hydrogens (tertiary/aromatic N) is 1. The van der Waals surface area contributed by atoms with Crippen LogP contribution in [0.25, 0.3) is 0 Å². The van der Waals surface area contributed by atoms with Gasteiger partial charge in [0.2, 0.25) is 5.91 Å². The van der Waals surface area contributed by atoms with Crippen molar-refractivity contribution in [1.82, 2.24) is 5.43 Å². The quantitative estimate of drug-likeness (QED) is 0.882. The molecule has 0 fully saturated rings. The van der Waals surface area contributed by atoms with Gasteiger partial charge in [-0.05, 0) is 49.8 Å². The third kappa shape index (κ3) is 3.83. The third-order valence-electron chi connectivity index (χ3n) is 3.95. The van der Waals surface area contributed by atoms with Gasteiger partial charge in [-0.2, -0.15) is 0 Å². The topological polar surface area (TPSA) is 61.4 Å². The molecule has 2 aromatic rings. The monoisotopic (exact) mass is 355 g/mol. The molecular weight excluding hydrogens is 338 g/mol. The zero-order valence-electron chi connectivity index (χ0n) is 14.0. The van der Waals surface area contributed by atoms with Gasteiger partial charge in [-0.25, -0.2) is 5.01 Å². The number of hydrogen-bond acceptors (Lipinski definition) is 3. The number of aryl methyl sites for hydroxylation is 2. The van der Waals surface area contributed by atoms with Crippen LogP contribution in [0.4, 0.5) is 11.4 Å². The lowest BCUT2D eigenvalue weighted by Gasteiger charge is -2.28. The van der Waals surface area contributed by atoms with Crippen molar-refractivity contribution in [3.63, 3.8) is 0 Å². The first-order valence-corrected chi connectivity index (χ1v) is 8.26. The molecule has 0 aromatic heterocycles. The molecule has 0 saturated carbocycles. The zero-order chi connectivity index (χ0) is 18.0. The Balaban J connectivity index is 1.78. The Morgan fingerprint density at radius 1 is 1.16 bits per heavy atom. The molecule has 1 aliphatic rings. The molecule has 128 valence electrons. The predicted octanol–water partition coefficient (Wildman–Crippen LogP) is 3.72. The van der Waals surface area contributed by atoms with E-state index in [1.165, 1.54) is 5.01 Å². The van der Waals surface area contributed by atoms with Crippen LogP contribution < -0.4 is 15.8 Å². The molecule has 25 heavy (non-hydrogen) atoms. The molecule has 0 saturated heterocycles. The van der Waals surface area contributed by atoms with Crippen LogP contribution in [0.3, 0.4) is 0 Å². The highest BCUT2D eigenvalue weighted by molar-refractivity contribution is 6.31. The summed E-state index contributed by atoms with van der Waals surface area (Å²) in [4.78, 5) is 24.7. The van der Waals surface area contributed by atoms with Crippen LogP contribution in [-0.4, -0.2) is 11.8 Å². The minimum Gasteiger partial charge on any atom is -0.320 e. The summed E-state index contributed by atoms with van der Waals surface area (Å²) in [5.74, 6) is -0.450. The number of halogens is 1. The maximum Gasteiger partial charge on any atom is 0.273 e. The number of carbonyl (C=O) groups excluding carboxylic acids is 2. The maximum absolute atomic E-state index is 12.5. The number of anilines is 2. The van der Waals surface area contributed by atoms with Gasteiger partial charge in [-0.1, -0.05) is 35.4 Å². The average molecular weight is 356 g/mol. The maximum atomic E-state index is 12.5. The van der Waals surface area contributed by atoms with E-state index in [0.717, 1.165) is 11.1 Å². The summed E-state index contributed by atoms with van der Waals surface area (Å²) in [6.07, 6.45) is 1.74. The standard InChI is InChI=1S/C19H18ClN3O2/c1-12-3-7-15(8-4-12)23-18(24)10-9-16(22-23)19(25)21-17-11-14(20)6-5-13(17)2/h3-9,11,22H,10H2,1-2H3,(H,21,25). The molecule has 0 spiro atoms. The second kappa shape index (κ2) is 6.99. The zero-order valence-corrected chi connectivity index (χ0v) is 14.7. The average Bonchev–Trinajstić information content (AvgIpc) is 2.59. The van der Waals surface area contributed by atoms with Crippen LogP contribution >= 0.6 is 11.6 Å². The van der Waals surface area contributed by atoms with Crippen molar-refractivity contribution in [3.8, 4) is 0 Å². The molecule has 6 heteroatoms. The second-order valence-electron chi connectivity index (χ2n) is 5.91. The number of benzene rings is 2. The first-order chi connectivity index (χ1) is 11.9. The van der Waals surface area contributed by atoms with Crippen molar-refractivity contribution in [2.75, 3.05) is 10.3 Å². The molecule has 0 unspecified atom stereocenters. The van der Waals surface area contributed by atoms with E-state index in [1.807, 2.05) is 44.2 Å². The fourth-order valence-electron chi connectivity index (χ4n) is 2.47. The third-order valence-corrected chi connectivity index (χ3v) is 4.18. The van der Waals surface area contributed by atoms with E-state index in [0.29, 0.717) is 22.1 Å². The molecular formula is C19H18ClN3O2. The summed E-state index contributed by atoms with van der Waals surface area (Å²) in [6, 6.07) is 12.8. The summed E-state index contributed by atoms with van der Waals surface area (Å²) in [6.45, 7) is 3.86. The van der Waals surface area contributed by atoms with Gasteiger partial charge < -0.3 is 5.32 Å². The Labute approximate surface area is 151 Å². The van der Waals surface area contributed by atoms with Crippen molar-refractivity contribution >= 4 is 34.8 Å². The van der Waals surface area contributed by atoms with Crippen LogP contribution in [-0.2, 0) is 9.59 Å². The number of carbonyl (C=O) groups is 2. The second-order valence-corrected chi connectivity index (χ2v) is 6.35. The minimum atomic E-state index is -0.324. The summed E-state index contributed by atoms with van der Waals surface area (Å²) in [5.41, 5.74) is 6.54. The van der Waals surface area contributed by atoms with Gasteiger partial charge >= 0.3 is 0 Å². The predicted molar refractivity (Wildman–Crippen MR) is 99.3 cm³/mol. The highest BCUT2D eigenvalue weighted by Crippen LogP contribution is 2.22. The van der Waals surface area contributed by atoms with E-state index in [9.17, 15) is 9.59 Å². The molecule has 2 amide bonds. The van der Waals surface area contributed by atoms with Crippen molar-refractivity contribution < 1.29 is 9.59 Å². The Morgan fingerprint density at radius 2 is 1.88 bits per heavy atom. The Bertz CT molecular complexity index is 859. The molecule has 5 nitrogen and oxygen atoms in total. The van der Waals surface area contributed by atoms with E-state index in [4.69, 9.17) is 11.6 Å². The van der Waals surface area contributed by atoms with Crippen molar-refractivity contribution in [2.24, 2.45) is 0 Å². The number of hydrazine groups is 1. The molecule has 2 aromatic carbocycles. The largest absolute Gasteiger partial charge is 0.320 e. The van der Waals surface area contributed by atoms with Crippen LogP contribution in [0, 0.1) is 13.8 Å². The van der Waals surface area contributed by atoms with Gasteiger partial charge in [0.15, 0.2) is 0 Å². The molecule has 0 radical (unpaired) electrons. The SMILES string of the molecule is Cc1ccc(N2NC(C(=O)Nc3cc(Cl)ccc3C)=CCC2=O)cc1. The van der Waals surface area contributed by atoms with E-state index in [-0.39, 0.29) is 18.2 Å². The van der Waals surface area contributed by atoms with Crippen LogP contribution in [0.5, 0.6) is 0 Å². The van der Waals surface area contributed by atoms with Crippen LogP contribution in [0.2, 0.25) is 5.02 Å². The van der Waals surface area contributed by atoms with Crippen LogP contribution in [0.15, 0.2) is 54.2 Å². The highest BCUT2D eigenvalue weighted by Gasteiger charge is 2.24. The summed E-state index contributed by atoms with van der Waals surface area (Å²) in [5, 5.41) is 4.76. The summed E-state index contributed by atoms with van der Waals surface area (Å²) in [7, 11) is 0. The number of hydrogen-bond donors (Lipinski definition) is 2. The van der Waals surface area contributed by atoms with E-state index in [2.05, 4.69) is 10.7 Å². The van der Waals surface area contributed by atoms with Gasteiger partial charge in [0, 0.05) is 17.1 Å². The Kier molecular flexibility index (Phi) is 4.76. The molecule has 2 N–H and O–H groups in total. The summed E-state index contributed by atoms with van der Waals surface area (Å²) < 4.78 is 0. The fourth-order valence-corrected chi connectivity index (χ4v) is 2.65. The fraction of sp³-hybridized carbons (Fsp3) is 0.158. The van der Waals surface area contributed by atoms with Gasteiger partial charge in [-0.3, -0.25) is 15.0 Å². The van der Waals surface area contributed by atoms with Crippen molar-refractivity contribution in [3.05, 3.63) is 70.4 Å². The first-order valence-electron chi connectivity index (χ1n) is 7.88. The Hall–Kier alpha value is -2.79. The van der Waals surface area contributed by atoms with E-state index < -0.39 is 0 Å². The van der Waals surface area contributed by atoms with Crippen molar-refractivity contribution in [1.29, 1.82) is 0 Å². The normalized spacial score (nSPS) is 14.0. The smallest absolute Gasteiger partial charge is 0.273 e. The molecule has 0 aliphatic carbocycles. The molecule has 0 bridgehead atoms. The van der Waals surface area contributed by atoms with E-state index >= 15 is 0 Å². The molecule has 1 aliphatic heterocycles. The minimum absolute atomic E-state index is 0.126. The number of amides is 2. The molecule has 1 heterocycles. The van der Waals surface area contributed by atoms with Gasteiger partial charge in [0.05, 0.1) is 5.69 Å². The number of rotatable bonds is 3. The highest BCUT2D eigenvalue weighted by atomic mass is 35.5. The lowest BCUT2D eigenvalue weighted by molar-refractivity contribution is -0.119. The van der Waals surface area contributed by atoms with Gasteiger partial charge in [0.1, 0.15) is 5.70 Å². The first kappa shape index (κ1) is 17.0. The van der Waals surface area contributed by atoms with Gasteiger partial charge in [-0.15, -0.1) is 0 Å². The lowest BCUT2D eigenvalue weighted by atomic mass is 10.2. The Morgan fingerprint density at radius 3 is 2.60 bits per heavy atom. The molecule has 0 atom stereocenters. The van der Waals surface area contributed by atoms with E-state index in [1.54, 1.807) is 18.2 Å². The van der Waals surface area contributed by atoms with Crippen molar-refractivity contribution in [2.45, 2.75) is 20.3 Å². The lowest BCUT2D eigenvalue weighted by Crippen LogP contribution is -2.47. The van der Waals surface area contributed by atoms with Crippen LogP contribution in [0.1, 0.15) is 17.5 Å². The summed E-state index contributed by atoms with van der Waals surface area (Å²) >= 11 is 5.99. The van der Waals surface area contributed by atoms with Gasteiger partial charge in [0.25, 0.3) is 5.91 Å². The molecule has 3 rings (SSSR count). The number of nitrogens with one attached hydrogen (secondary N) is 2.